The first-order chi connectivity index (χ1) is 5.27. The highest BCUT2D eigenvalue weighted by atomic mass is 35.5. The third kappa shape index (κ3) is 0.973. The molecule has 0 spiro atoms. The van der Waals surface area contributed by atoms with E-state index in [1.807, 2.05) is 0 Å². The Bertz CT molecular complexity index is 396. The largest absolute Gasteiger partial charge is 0.216 e. The maximum atomic E-state index is 12.7. The van der Waals surface area contributed by atoms with Crippen LogP contribution in [-0.4, -0.2) is 9.77 Å². The van der Waals surface area contributed by atoms with Crippen LogP contribution < -0.4 is 0 Å². The Kier molecular flexibility index (Phi) is 1.32. The lowest BCUT2D eigenvalue weighted by molar-refractivity contribution is 0.385. The summed E-state index contributed by atoms with van der Waals surface area (Å²) < 4.78 is 12.7. The lowest BCUT2D eigenvalue weighted by Gasteiger charge is -1.90. The Labute approximate surface area is 67.2 Å². The SMILES string of the molecule is Fn1ccc2ccc(Cl)nc21. The van der Waals surface area contributed by atoms with Crippen LogP contribution in [0.3, 0.4) is 0 Å². The van der Waals surface area contributed by atoms with Gasteiger partial charge in [0.15, 0.2) is 5.65 Å². The molecular formula is C7H4ClFN2. The maximum absolute atomic E-state index is 12.7. The van der Waals surface area contributed by atoms with E-state index < -0.39 is 0 Å². The summed E-state index contributed by atoms with van der Waals surface area (Å²) in [6.07, 6.45) is 1.30. The Hall–Kier alpha value is -1.09. The van der Waals surface area contributed by atoms with Crippen molar-refractivity contribution in [3.63, 3.8) is 0 Å². The topological polar surface area (TPSA) is 17.8 Å². The van der Waals surface area contributed by atoms with Crippen LogP contribution in [0.5, 0.6) is 0 Å². The molecule has 0 amide bonds. The molecular weight excluding hydrogens is 167 g/mol. The summed E-state index contributed by atoms with van der Waals surface area (Å²) in [5, 5.41) is 1.05. The molecule has 0 radical (unpaired) electrons. The lowest BCUT2D eigenvalue weighted by atomic mass is 10.3. The van der Waals surface area contributed by atoms with Gasteiger partial charge in [-0.15, -0.1) is 0 Å². The molecule has 2 heterocycles. The molecule has 0 bridgehead atoms. The van der Waals surface area contributed by atoms with Crippen molar-refractivity contribution in [2.45, 2.75) is 0 Å². The zero-order valence-electron chi connectivity index (χ0n) is 5.46. The maximum Gasteiger partial charge on any atom is 0.171 e. The number of hydrogen-bond acceptors (Lipinski definition) is 1. The fourth-order valence-electron chi connectivity index (χ4n) is 0.954. The molecule has 0 saturated heterocycles. The van der Waals surface area contributed by atoms with Crippen LogP contribution in [0.1, 0.15) is 0 Å². The number of nitrogens with zero attached hydrogens (tertiary/aromatic N) is 2. The van der Waals surface area contributed by atoms with Crippen LogP contribution >= 0.6 is 11.6 Å². The molecule has 2 aromatic heterocycles. The van der Waals surface area contributed by atoms with E-state index >= 15 is 0 Å². The van der Waals surface area contributed by atoms with Crippen molar-refractivity contribution in [2.75, 3.05) is 0 Å². The van der Waals surface area contributed by atoms with E-state index in [0.717, 1.165) is 5.39 Å². The predicted molar refractivity (Wildman–Crippen MR) is 41.2 cm³/mol. The van der Waals surface area contributed by atoms with E-state index in [0.29, 0.717) is 9.94 Å². The highest BCUT2D eigenvalue weighted by molar-refractivity contribution is 6.29. The van der Waals surface area contributed by atoms with Crippen molar-refractivity contribution >= 4 is 22.6 Å². The smallest absolute Gasteiger partial charge is 0.171 e. The number of hydrogen-bond donors (Lipinski definition) is 0. The first-order valence-electron chi connectivity index (χ1n) is 3.07. The fourth-order valence-corrected chi connectivity index (χ4v) is 1.10. The van der Waals surface area contributed by atoms with Gasteiger partial charge in [-0.2, -0.15) is 4.79 Å². The molecule has 0 N–H and O–H groups in total. The average Bonchev–Trinajstić information content (AvgIpc) is 2.33. The molecule has 11 heavy (non-hydrogen) atoms. The molecule has 2 rings (SSSR count). The van der Waals surface area contributed by atoms with Crippen molar-refractivity contribution in [2.24, 2.45) is 0 Å². The first-order valence-corrected chi connectivity index (χ1v) is 3.45. The van der Waals surface area contributed by atoms with E-state index in [1.54, 1.807) is 18.2 Å². The Morgan fingerprint density at radius 1 is 1.36 bits per heavy atom. The van der Waals surface area contributed by atoms with Crippen molar-refractivity contribution in [3.05, 3.63) is 29.5 Å². The summed E-state index contributed by atoms with van der Waals surface area (Å²) >= 11 is 5.56. The van der Waals surface area contributed by atoms with Gasteiger partial charge in [0.1, 0.15) is 5.15 Å². The van der Waals surface area contributed by atoms with Gasteiger partial charge in [0, 0.05) is 11.6 Å². The molecule has 0 aliphatic rings. The third-order valence-corrected chi connectivity index (χ3v) is 1.67. The Morgan fingerprint density at radius 2 is 2.18 bits per heavy atom. The molecule has 0 fully saturated rings. The summed E-state index contributed by atoms with van der Waals surface area (Å²) in [4.78, 5) is 4.23. The number of pyridine rings is 1. The van der Waals surface area contributed by atoms with Crippen molar-refractivity contribution in [1.29, 1.82) is 0 Å². The van der Waals surface area contributed by atoms with Crippen LogP contribution in [0.2, 0.25) is 5.15 Å². The van der Waals surface area contributed by atoms with Crippen molar-refractivity contribution in [1.82, 2.24) is 9.77 Å². The fraction of sp³-hybridized carbons (Fsp3) is 0. The minimum atomic E-state index is 0.262. The average molecular weight is 171 g/mol. The molecule has 0 aliphatic carbocycles. The van der Waals surface area contributed by atoms with Crippen LogP contribution in [0, 0.1) is 0 Å². The van der Waals surface area contributed by atoms with E-state index in [4.69, 9.17) is 11.6 Å². The normalized spacial score (nSPS) is 10.7. The highest BCUT2D eigenvalue weighted by Gasteiger charge is 2.00. The quantitative estimate of drug-likeness (QED) is 0.556. The monoisotopic (exact) mass is 170 g/mol. The second kappa shape index (κ2) is 2.20. The zero-order chi connectivity index (χ0) is 7.84. The molecule has 56 valence electrons. The minimum absolute atomic E-state index is 0.262. The molecule has 0 unspecified atom stereocenters. The highest BCUT2D eigenvalue weighted by Crippen LogP contribution is 2.15. The van der Waals surface area contributed by atoms with Crippen LogP contribution in [0.15, 0.2) is 24.4 Å². The van der Waals surface area contributed by atoms with Crippen LogP contribution in [0.4, 0.5) is 4.48 Å². The molecule has 0 aromatic carbocycles. The predicted octanol–water partition coefficient (Wildman–Crippen LogP) is 2.42. The van der Waals surface area contributed by atoms with Gasteiger partial charge in [0.2, 0.25) is 0 Å². The van der Waals surface area contributed by atoms with E-state index in [2.05, 4.69) is 4.98 Å². The standard InChI is InChI=1S/C7H4ClFN2/c8-6-2-1-5-3-4-11(9)7(5)10-6/h1-4H. The van der Waals surface area contributed by atoms with Gasteiger partial charge in [0.25, 0.3) is 0 Å². The first kappa shape index (κ1) is 6.61. The Morgan fingerprint density at radius 3 is 3.00 bits per heavy atom. The van der Waals surface area contributed by atoms with Gasteiger partial charge < -0.3 is 0 Å². The van der Waals surface area contributed by atoms with Gasteiger partial charge in [0.05, 0.1) is 0 Å². The van der Waals surface area contributed by atoms with Gasteiger partial charge in [-0.3, -0.25) is 0 Å². The molecule has 4 heteroatoms. The van der Waals surface area contributed by atoms with Gasteiger partial charge >= 0.3 is 0 Å². The van der Waals surface area contributed by atoms with Crippen molar-refractivity contribution < 1.29 is 4.48 Å². The van der Waals surface area contributed by atoms with E-state index in [1.165, 1.54) is 6.20 Å². The van der Waals surface area contributed by atoms with Gasteiger partial charge in [-0.25, -0.2) is 4.98 Å². The van der Waals surface area contributed by atoms with Crippen molar-refractivity contribution in [3.8, 4) is 0 Å². The number of rotatable bonds is 0. The van der Waals surface area contributed by atoms with Gasteiger partial charge in [-0.1, -0.05) is 16.1 Å². The van der Waals surface area contributed by atoms with E-state index in [-0.39, 0.29) is 5.65 Å². The molecule has 0 atom stereocenters. The number of halogens is 2. The number of fused-ring (bicyclic) bond motifs is 1. The molecule has 2 nitrogen and oxygen atoms in total. The second-order valence-corrected chi connectivity index (χ2v) is 2.56. The zero-order valence-corrected chi connectivity index (χ0v) is 6.22. The molecule has 0 aliphatic heterocycles. The summed E-state index contributed by atoms with van der Waals surface area (Å²) in [7, 11) is 0. The molecule has 0 saturated carbocycles. The molecule has 2 aromatic rings. The number of aromatic nitrogens is 2. The third-order valence-electron chi connectivity index (χ3n) is 1.46. The van der Waals surface area contributed by atoms with Crippen LogP contribution in [-0.2, 0) is 0 Å². The summed E-state index contributed by atoms with van der Waals surface area (Å²) in [5.74, 6) is 0. The summed E-state index contributed by atoms with van der Waals surface area (Å²) in [5.41, 5.74) is 0.262. The van der Waals surface area contributed by atoms with Gasteiger partial charge in [-0.05, 0) is 18.2 Å². The lowest BCUT2D eigenvalue weighted by Crippen LogP contribution is -1.82. The summed E-state index contributed by atoms with van der Waals surface area (Å²) in [6, 6.07) is 4.99. The minimum Gasteiger partial charge on any atom is -0.216 e. The Balaban J connectivity index is 2.87. The van der Waals surface area contributed by atoms with Crippen LogP contribution in [0.25, 0.3) is 11.0 Å². The van der Waals surface area contributed by atoms with E-state index in [9.17, 15) is 4.48 Å². The second-order valence-electron chi connectivity index (χ2n) is 2.17. The summed E-state index contributed by atoms with van der Waals surface area (Å²) in [6.45, 7) is 0.